The van der Waals surface area contributed by atoms with Crippen molar-refractivity contribution in [3.63, 3.8) is 0 Å². The summed E-state index contributed by atoms with van der Waals surface area (Å²) in [6.07, 6.45) is 0.707. The highest BCUT2D eigenvalue weighted by molar-refractivity contribution is 14.1. The van der Waals surface area contributed by atoms with E-state index < -0.39 is 22.7 Å². The number of carboxylic acids is 1. The molecule has 3 rings (SSSR count). The Kier molecular flexibility index (Phi) is 8.67. The lowest BCUT2D eigenvalue weighted by atomic mass is 9.88. The highest BCUT2D eigenvalue weighted by Crippen LogP contribution is 2.34. The van der Waals surface area contributed by atoms with Gasteiger partial charge < -0.3 is 19.4 Å². The van der Waals surface area contributed by atoms with Gasteiger partial charge in [-0.25, -0.2) is 9.29 Å². The number of rotatable bonds is 10. The third-order valence-corrected chi connectivity index (χ3v) is 7.47. The van der Waals surface area contributed by atoms with Crippen LogP contribution < -0.4 is 5.32 Å². The van der Waals surface area contributed by atoms with Gasteiger partial charge in [-0.3, -0.25) is 13.8 Å². The van der Waals surface area contributed by atoms with Crippen molar-refractivity contribution < 1.29 is 27.9 Å². The molecule has 0 aliphatic heterocycles. The van der Waals surface area contributed by atoms with E-state index in [1.807, 2.05) is 31.2 Å². The van der Waals surface area contributed by atoms with Crippen LogP contribution in [0.3, 0.4) is 0 Å². The van der Waals surface area contributed by atoms with Gasteiger partial charge in [-0.1, -0.05) is 29.8 Å². The lowest BCUT2D eigenvalue weighted by Gasteiger charge is -2.26. The normalized spacial score (nSPS) is 12.8. The number of hydrogen-bond donors (Lipinski definition) is 2. The number of aliphatic carboxylic acids is 1. The fourth-order valence-corrected chi connectivity index (χ4v) is 4.69. The van der Waals surface area contributed by atoms with Gasteiger partial charge in [-0.15, -0.1) is 0 Å². The summed E-state index contributed by atoms with van der Waals surface area (Å²) in [6.45, 7) is 5.33. The van der Waals surface area contributed by atoms with Crippen LogP contribution in [0.15, 0.2) is 34.7 Å². The van der Waals surface area contributed by atoms with Gasteiger partial charge in [0.1, 0.15) is 5.76 Å². The van der Waals surface area contributed by atoms with E-state index >= 15 is 0 Å². The molecule has 0 fully saturated rings. The number of nitrogens with one attached hydrogen (secondary N) is 1. The van der Waals surface area contributed by atoms with Crippen molar-refractivity contribution in [1.29, 1.82) is 0 Å². The number of halogens is 1. The fraction of sp³-hybridized carbons (Fsp3) is 0.375. The maximum atomic E-state index is 12.7. The molecule has 1 amide bonds. The van der Waals surface area contributed by atoms with E-state index in [9.17, 15) is 23.5 Å². The average molecular weight is 612 g/mol. The van der Waals surface area contributed by atoms with Crippen LogP contribution in [0.25, 0.3) is 22.4 Å². The average Bonchev–Trinajstić information content (AvgIpc) is 3.16. The van der Waals surface area contributed by atoms with Crippen LogP contribution in [-0.2, 0) is 22.6 Å². The van der Waals surface area contributed by atoms with Crippen LogP contribution in [0.5, 0.6) is 0 Å². The topological polar surface area (TPSA) is 136 Å². The largest absolute Gasteiger partial charge is 0.760 e. The van der Waals surface area contributed by atoms with E-state index in [1.54, 1.807) is 27.0 Å². The van der Waals surface area contributed by atoms with Crippen molar-refractivity contribution in [3.8, 4) is 11.3 Å². The minimum Gasteiger partial charge on any atom is -0.760 e. The van der Waals surface area contributed by atoms with Crippen molar-refractivity contribution >= 4 is 56.8 Å². The minimum atomic E-state index is -2.53. The maximum Gasteiger partial charge on any atom is 0.309 e. The number of nitrogens with zero attached hydrogens (tertiary/aromatic N) is 2. The molecule has 2 aromatic heterocycles. The first-order chi connectivity index (χ1) is 16.4. The molecule has 0 saturated heterocycles. The summed E-state index contributed by atoms with van der Waals surface area (Å²) in [4.78, 5) is 28.6. The first kappa shape index (κ1) is 27.2. The Morgan fingerprint density at radius 1 is 1.29 bits per heavy atom. The Balaban J connectivity index is 1.95. The molecule has 0 radical (unpaired) electrons. The summed E-state index contributed by atoms with van der Waals surface area (Å²) in [6, 6.07) is 9.35. The second kappa shape index (κ2) is 11.1. The van der Waals surface area contributed by atoms with Crippen LogP contribution in [-0.4, -0.2) is 48.6 Å². The van der Waals surface area contributed by atoms with Crippen LogP contribution in [0, 0.1) is 15.9 Å². The number of aromatic nitrogens is 1. The smallest absolute Gasteiger partial charge is 0.309 e. The quantitative estimate of drug-likeness (QED) is 0.258. The molecule has 2 N–H and O–H groups in total. The number of pyridine rings is 1. The van der Waals surface area contributed by atoms with Gasteiger partial charge in [0.25, 0.3) is 5.91 Å². The molecule has 2 heterocycles. The summed E-state index contributed by atoms with van der Waals surface area (Å²) in [5.41, 5.74) is 1.93. The molecule has 1 atom stereocenters. The summed E-state index contributed by atoms with van der Waals surface area (Å²) < 4.78 is 31.6. The van der Waals surface area contributed by atoms with Crippen molar-refractivity contribution in [2.24, 2.45) is 5.41 Å². The molecule has 0 aliphatic carbocycles. The Hall–Kier alpha value is -2.35. The molecule has 0 aliphatic rings. The first-order valence-electron chi connectivity index (χ1n) is 10.9. The third kappa shape index (κ3) is 6.26. The Morgan fingerprint density at radius 3 is 2.51 bits per heavy atom. The van der Waals surface area contributed by atoms with E-state index in [0.29, 0.717) is 38.8 Å². The van der Waals surface area contributed by atoms with Gasteiger partial charge in [0.05, 0.1) is 28.6 Å². The van der Waals surface area contributed by atoms with Gasteiger partial charge in [-0.05, 0) is 62.3 Å². The number of hydrogen-bond acceptors (Lipinski definition) is 6. The second-order valence-electron chi connectivity index (χ2n) is 8.89. The van der Waals surface area contributed by atoms with E-state index in [4.69, 9.17) is 4.42 Å². The standard InChI is InChI=1S/C24H28IN3O6S/c1-14-6-8-15(9-7-14)20-19(21(29)26-4)16-12-17(25)18(27-22(16)34-20)13-28(35(32)33)11-5-10-24(2,3)23(30)31/h6-9,12H,5,10-11,13H2,1-4H3,(H,26,29)(H,30,31)(H,32,33)/p-1. The van der Waals surface area contributed by atoms with Crippen LogP contribution in [0.1, 0.15) is 48.3 Å². The van der Waals surface area contributed by atoms with E-state index in [0.717, 1.165) is 11.1 Å². The van der Waals surface area contributed by atoms with Gasteiger partial charge in [-0.2, -0.15) is 0 Å². The second-order valence-corrected chi connectivity index (χ2v) is 11.0. The predicted octanol–water partition coefficient (Wildman–Crippen LogP) is 4.25. The monoisotopic (exact) mass is 612 g/mol. The van der Waals surface area contributed by atoms with Crippen LogP contribution >= 0.6 is 22.6 Å². The molecule has 35 heavy (non-hydrogen) atoms. The van der Waals surface area contributed by atoms with Crippen molar-refractivity contribution in [1.82, 2.24) is 14.6 Å². The van der Waals surface area contributed by atoms with Crippen molar-refractivity contribution in [2.45, 2.75) is 40.2 Å². The number of carboxylic acid groups (broad SMARTS) is 1. The zero-order valence-electron chi connectivity index (χ0n) is 19.9. The Bertz CT molecular complexity index is 1270. The molecule has 0 bridgehead atoms. The van der Waals surface area contributed by atoms with Gasteiger partial charge in [0.2, 0.25) is 5.71 Å². The number of carbonyl (C=O) groups is 2. The lowest BCUT2D eigenvalue weighted by molar-refractivity contribution is -0.147. The first-order valence-corrected chi connectivity index (χ1v) is 13.0. The van der Waals surface area contributed by atoms with Gasteiger partial charge in [0.15, 0.2) is 0 Å². The number of aryl methyl sites for hydroxylation is 1. The van der Waals surface area contributed by atoms with E-state index in [-0.39, 0.29) is 24.7 Å². The molecule has 1 aromatic carbocycles. The summed E-state index contributed by atoms with van der Waals surface area (Å²) in [5, 5.41) is 12.5. The van der Waals surface area contributed by atoms with Gasteiger partial charge >= 0.3 is 5.97 Å². The van der Waals surface area contributed by atoms with Gasteiger partial charge in [0, 0.05) is 34.0 Å². The molecule has 0 saturated carbocycles. The van der Waals surface area contributed by atoms with E-state index in [2.05, 4.69) is 32.9 Å². The van der Waals surface area contributed by atoms with Crippen LogP contribution in [0.2, 0.25) is 0 Å². The molecule has 9 nitrogen and oxygen atoms in total. The summed E-state index contributed by atoms with van der Waals surface area (Å²) >= 11 is -0.463. The highest BCUT2D eigenvalue weighted by atomic mass is 127. The number of fused-ring (bicyclic) bond motifs is 1. The summed E-state index contributed by atoms with van der Waals surface area (Å²) in [5.74, 6) is -0.851. The molecule has 1 unspecified atom stereocenters. The number of carbonyl (C=O) groups excluding carboxylic acids is 1. The minimum absolute atomic E-state index is 0.00625. The van der Waals surface area contributed by atoms with Crippen LogP contribution in [0.4, 0.5) is 0 Å². The van der Waals surface area contributed by atoms with Crippen molar-refractivity contribution in [3.05, 3.63) is 50.7 Å². The molecule has 188 valence electrons. The highest BCUT2D eigenvalue weighted by Gasteiger charge is 2.27. The zero-order chi connectivity index (χ0) is 25.9. The number of amides is 1. The number of benzene rings is 1. The zero-order valence-corrected chi connectivity index (χ0v) is 22.9. The van der Waals surface area contributed by atoms with Crippen molar-refractivity contribution in [2.75, 3.05) is 13.6 Å². The number of furan rings is 1. The van der Waals surface area contributed by atoms with E-state index in [1.165, 1.54) is 4.31 Å². The lowest BCUT2D eigenvalue weighted by Crippen LogP contribution is -2.30. The SMILES string of the molecule is CNC(=O)c1c(-c2ccc(C)cc2)oc2nc(CN(CCCC(C)(C)C(=O)O)S(=O)[O-])c(I)cc12. The molecule has 0 spiro atoms. The fourth-order valence-electron chi connectivity index (χ4n) is 3.58. The summed E-state index contributed by atoms with van der Waals surface area (Å²) in [7, 11) is 1.54. The molecular weight excluding hydrogens is 585 g/mol. The predicted molar refractivity (Wildman–Crippen MR) is 140 cm³/mol. The Labute approximate surface area is 219 Å². The molecule has 3 aromatic rings. The maximum absolute atomic E-state index is 12.7. The molecular formula is C24H27IN3O6S-. The molecule has 11 heteroatoms. The third-order valence-electron chi connectivity index (χ3n) is 5.80. The Morgan fingerprint density at radius 2 is 1.94 bits per heavy atom.